The average molecular weight is 265 g/mol. The van der Waals surface area contributed by atoms with Gasteiger partial charge in [0, 0.05) is 0 Å². The van der Waals surface area contributed by atoms with Crippen molar-refractivity contribution in [2.75, 3.05) is 13.2 Å². The Morgan fingerprint density at radius 3 is 2.63 bits per heavy atom. The summed E-state index contributed by atoms with van der Waals surface area (Å²) in [5.41, 5.74) is 1.09. The molecular formula is C15H23NO3. The van der Waals surface area contributed by atoms with Crippen LogP contribution in [0, 0.1) is 0 Å². The standard InChI is InChI=1S/C15H23NO3/c1-4-12(9-17)16-15(18)10-19-14-8-6-5-7-13(14)11(2)3/h5-8,11-12,17H,4,9-10H2,1-3H3,(H,16,18). The molecule has 1 unspecified atom stereocenters. The molecule has 1 amide bonds. The summed E-state index contributed by atoms with van der Waals surface area (Å²) in [4.78, 5) is 11.7. The lowest BCUT2D eigenvalue weighted by Gasteiger charge is -2.16. The summed E-state index contributed by atoms with van der Waals surface area (Å²) in [6.07, 6.45) is 0.699. The Morgan fingerprint density at radius 1 is 1.37 bits per heavy atom. The average Bonchev–Trinajstić information content (AvgIpc) is 2.42. The number of hydrogen-bond acceptors (Lipinski definition) is 3. The number of aliphatic hydroxyl groups excluding tert-OH is 1. The number of nitrogens with one attached hydrogen (secondary N) is 1. The Hall–Kier alpha value is -1.55. The Morgan fingerprint density at radius 2 is 2.05 bits per heavy atom. The van der Waals surface area contributed by atoms with E-state index in [2.05, 4.69) is 19.2 Å². The molecule has 2 N–H and O–H groups in total. The largest absolute Gasteiger partial charge is 0.483 e. The summed E-state index contributed by atoms with van der Waals surface area (Å²) in [5.74, 6) is 0.879. The van der Waals surface area contributed by atoms with E-state index in [1.165, 1.54) is 0 Å². The normalized spacial score (nSPS) is 12.3. The van der Waals surface area contributed by atoms with Crippen molar-refractivity contribution in [1.29, 1.82) is 0 Å². The SMILES string of the molecule is CCC(CO)NC(=O)COc1ccccc1C(C)C. The number of carbonyl (C=O) groups excluding carboxylic acids is 1. The molecule has 0 fully saturated rings. The van der Waals surface area contributed by atoms with Gasteiger partial charge in [-0.3, -0.25) is 4.79 Å². The fourth-order valence-electron chi connectivity index (χ4n) is 1.78. The molecule has 0 spiro atoms. The highest BCUT2D eigenvalue weighted by molar-refractivity contribution is 5.77. The van der Waals surface area contributed by atoms with E-state index in [1.807, 2.05) is 31.2 Å². The summed E-state index contributed by atoms with van der Waals surface area (Å²) < 4.78 is 5.56. The van der Waals surface area contributed by atoms with Crippen molar-refractivity contribution in [3.63, 3.8) is 0 Å². The van der Waals surface area contributed by atoms with Crippen molar-refractivity contribution in [3.05, 3.63) is 29.8 Å². The van der Waals surface area contributed by atoms with Crippen molar-refractivity contribution in [1.82, 2.24) is 5.32 Å². The summed E-state index contributed by atoms with van der Waals surface area (Å²) in [5, 5.41) is 11.7. The van der Waals surface area contributed by atoms with Crippen molar-refractivity contribution in [2.24, 2.45) is 0 Å². The number of para-hydroxylation sites is 1. The molecule has 19 heavy (non-hydrogen) atoms. The first-order valence-corrected chi connectivity index (χ1v) is 6.70. The van der Waals surface area contributed by atoms with E-state index in [9.17, 15) is 4.79 Å². The predicted octanol–water partition coefficient (Wildman–Crippen LogP) is 2.08. The maximum absolute atomic E-state index is 11.7. The molecule has 0 saturated heterocycles. The van der Waals surface area contributed by atoms with Crippen LogP contribution >= 0.6 is 0 Å². The molecule has 0 heterocycles. The summed E-state index contributed by atoms with van der Waals surface area (Å²) >= 11 is 0. The maximum atomic E-state index is 11.7. The molecule has 4 heteroatoms. The Balaban J connectivity index is 2.55. The summed E-state index contributed by atoms with van der Waals surface area (Å²) in [7, 11) is 0. The van der Waals surface area contributed by atoms with E-state index in [0.29, 0.717) is 12.3 Å². The van der Waals surface area contributed by atoms with Gasteiger partial charge in [-0.2, -0.15) is 0 Å². The molecule has 0 saturated carbocycles. The first-order valence-electron chi connectivity index (χ1n) is 6.70. The van der Waals surface area contributed by atoms with Gasteiger partial charge in [0.2, 0.25) is 0 Å². The molecular weight excluding hydrogens is 242 g/mol. The van der Waals surface area contributed by atoms with Gasteiger partial charge in [-0.1, -0.05) is 39.0 Å². The zero-order valence-corrected chi connectivity index (χ0v) is 11.8. The third-order valence-corrected chi connectivity index (χ3v) is 2.98. The number of benzene rings is 1. The van der Waals surface area contributed by atoms with Gasteiger partial charge in [0.25, 0.3) is 5.91 Å². The Bertz CT molecular complexity index is 400. The van der Waals surface area contributed by atoms with Gasteiger partial charge in [0.05, 0.1) is 12.6 Å². The number of carbonyl (C=O) groups is 1. The molecule has 0 radical (unpaired) electrons. The lowest BCUT2D eigenvalue weighted by atomic mass is 10.0. The van der Waals surface area contributed by atoms with Gasteiger partial charge in [0.1, 0.15) is 5.75 Å². The van der Waals surface area contributed by atoms with Gasteiger partial charge in [-0.25, -0.2) is 0 Å². The Kier molecular flexibility index (Phi) is 6.36. The van der Waals surface area contributed by atoms with E-state index in [4.69, 9.17) is 9.84 Å². The van der Waals surface area contributed by atoms with Crippen LogP contribution in [0.1, 0.15) is 38.7 Å². The number of amides is 1. The zero-order valence-electron chi connectivity index (χ0n) is 11.8. The van der Waals surface area contributed by atoms with Crippen LogP contribution in [0.25, 0.3) is 0 Å². The molecule has 0 aromatic heterocycles. The highest BCUT2D eigenvalue weighted by Crippen LogP contribution is 2.25. The van der Waals surface area contributed by atoms with Crippen molar-refractivity contribution in [3.8, 4) is 5.75 Å². The van der Waals surface area contributed by atoms with Crippen LogP contribution in [-0.2, 0) is 4.79 Å². The van der Waals surface area contributed by atoms with Gasteiger partial charge in [-0.05, 0) is 24.0 Å². The minimum Gasteiger partial charge on any atom is -0.483 e. The number of aliphatic hydroxyl groups is 1. The number of ether oxygens (including phenoxy) is 1. The molecule has 0 aliphatic carbocycles. The second-order valence-corrected chi connectivity index (χ2v) is 4.84. The van der Waals surface area contributed by atoms with Gasteiger partial charge in [-0.15, -0.1) is 0 Å². The quantitative estimate of drug-likeness (QED) is 0.793. The molecule has 1 aromatic carbocycles. The van der Waals surface area contributed by atoms with E-state index in [0.717, 1.165) is 11.3 Å². The molecule has 1 aromatic rings. The molecule has 0 bridgehead atoms. The van der Waals surface area contributed by atoms with Crippen molar-refractivity contribution >= 4 is 5.91 Å². The van der Waals surface area contributed by atoms with Crippen molar-refractivity contribution < 1.29 is 14.6 Å². The number of hydrogen-bond donors (Lipinski definition) is 2. The Labute approximate surface area is 114 Å². The van der Waals surface area contributed by atoms with Crippen LogP contribution in [0.4, 0.5) is 0 Å². The molecule has 1 rings (SSSR count). The second kappa shape index (κ2) is 7.79. The molecule has 4 nitrogen and oxygen atoms in total. The topological polar surface area (TPSA) is 58.6 Å². The molecule has 0 aliphatic rings. The minimum atomic E-state index is -0.209. The van der Waals surface area contributed by atoms with Crippen LogP contribution in [-0.4, -0.2) is 30.3 Å². The summed E-state index contributed by atoms with van der Waals surface area (Å²) in [6, 6.07) is 7.52. The monoisotopic (exact) mass is 265 g/mol. The highest BCUT2D eigenvalue weighted by atomic mass is 16.5. The van der Waals surface area contributed by atoms with Crippen LogP contribution < -0.4 is 10.1 Å². The highest BCUT2D eigenvalue weighted by Gasteiger charge is 2.11. The van der Waals surface area contributed by atoms with Crippen LogP contribution in [0.5, 0.6) is 5.75 Å². The first kappa shape index (κ1) is 15.5. The van der Waals surface area contributed by atoms with E-state index in [1.54, 1.807) is 0 Å². The molecule has 106 valence electrons. The third kappa shape index (κ3) is 4.91. The minimum absolute atomic E-state index is 0.0275. The lowest BCUT2D eigenvalue weighted by molar-refractivity contribution is -0.124. The summed E-state index contributed by atoms with van der Waals surface area (Å²) in [6.45, 7) is 6.00. The zero-order chi connectivity index (χ0) is 14.3. The predicted molar refractivity (Wildman–Crippen MR) is 75.3 cm³/mol. The van der Waals surface area contributed by atoms with Gasteiger partial charge < -0.3 is 15.2 Å². The van der Waals surface area contributed by atoms with Crippen LogP contribution in [0.15, 0.2) is 24.3 Å². The van der Waals surface area contributed by atoms with Crippen LogP contribution in [0.2, 0.25) is 0 Å². The van der Waals surface area contributed by atoms with E-state index >= 15 is 0 Å². The maximum Gasteiger partial charge on any atom is 0.258 e. The van der Waals surface area contributed by atoms with E-state index in [-0.39, 0.29) is 25.2 Å². The smallest absolute Gasteiger partial charge is 0.258 e. The fourth-order valence-corrected chi connectivity index (χ4v) is 1.78. The number of rotatable bonds is 7. The molecule has 1 atom stereocenters. The lowest BCUT2D eigenvalue weighted by Crippen LogP contribution is -2.39. The van der Waals surface area contributed by atoms with Crippen molar-refractivity contribution in [2.45, 2.75) is 39.2 Å². The van der Waals surface area contributed by atoms with Gasteiger partial charge >= 0.3 is 0 Å². The second-order valence-electron chi connectivity index (χ2n) is 4.84. The first-order chi connectivity index (χ1) is 9.08. The fraction of sp³-hybridized carbons (Fsp3) is 0.533. The van der Waals surface area contributed by atoms with Crippen LogP contribution in [0.3, 0.4) is 0 Å². The molecule has 0 aliphatic heterocycles. The third-order valence-electron chi connectivity index (χ3n) is 2.98. The van der Waals surface area contributed by atoms with Gasteiger partial charge in [0.15, 0.2) is 6.61 Å². The van der Waals surface area contributed by atoms with E-state index < -0.39 is 0 Å².